The Morgan fingerprint density at radius 2 is 2.10 bits per heavy atom. The minimum absolute atomic E-state index is 0.351. The number of hydrogen-bond acceptors (Lipinski definition) is 5. The molecule has 1 unspecified atom stereocenters. The van der Waals surface area contributed by atoms with Crippen molar-refractivity contribution in [3.8, 4) is 16.3 Å². The molecule has 0 aliphatic carbocycles. The Morgan fingerprint density at radius 3 is 2.83 bits per heavy atom. The molecule has 3 aromatic heterocycles. The molecule has 0 saturated heterocycles. The van der Waals surface area contributed by atoms with Crippen molar-refractivity contribution in [2.75, 3.05) is 0 Å². The van der Waals surface area contributed by atoms with Crippen LogP contribution in [0.25, 0.3) is 16.2 Å². The van der Waals surface area contributed by atoms with E-state index < -0.39 is 5.91 Å². The number of amides is 1. The zero-order valence-corrected chi connectivity index (χ0v) is 17.2. The van der Waals surface area contributed by atoms with Crippen molar-refractivity contribution in [2.24, 2.45) is 11.5 Å². The van der Waals surface area contributed by atoms with Gasteiger partial charge in [0.2, 0.25) is 0 Å². The molecule has 0 radical (unpaired) electrons. The van der Waals surface area contributed by atoms with Gasteiger partial charge in [-0.3, -0.25) is 9.20 Å². The second-order valence-electron chi connectivity index (χ2n) is 6.56. The van der Waals surface area contributed by atoms with Gasteiger partial charge in [-0.1, -0.05) is 35.9 Å². The Bertz CT molecular complexity index is 1200. The van der Waals surface area contributed by atoms with Gasteiger partial charge in [-0.05, 0) is 24.6 Å². The number of carbonyl (C=O) groups is 1. The predicted octanol–water partition coefficient (Wildman–Crippen LogP) is 4.41. The molecule has 0 saturated carbocycles. The lowest BCUT2D eigenvalue weighted by atomic mass is 10.1. The largest absolute Gasteiger partial charge is 0.484 e. The number of primary amides is 1. The maximum atomic E-state index is 12.0. The normalized spacial score (nSPS) is 12.2. The summed E-state index contributed by atoms with van der Waals surface area (Å²) in [5, 5.41) is 0.604. The van der Waals surface area contributed by atoms with E-state index in [1.165, 1.54) is 11.3 Å². The molecule has 0 fully saturated rings. The number of benzene rings is 1. The van der Waals surface area contributed by atoms with Crippen molar-refractivity contribution in [1.82, 2.24) is 9.38 Å². The van der Waals surface area contributed by atoms with Crippen LogP contribution in [-0.2, 0) is 6.54 Å². The van der Waals surface area contributed by atoms with Gasteiger partial charge in [0.1, 0.15) is 22.4 Å². The van der Waals surface area contributed by atoms with Crippen LogP contribution in [0.2, 0.25) is 5.02 Å². The number of nitrogens with zero attached hydrogens (tertiary/aromatic N) is 2. The maximum Gasteiger partial charge on any atom is 0.262 e. The summed E-state index contributed by atoms with van der Waals surface area (Å²) in [7, 11) is 0. The van der Waals surface area contributed by atoms with Gasteiger partial charge in [-0.2, -0.15) is 0 Å². The van der Waals surface area contributed by atoms with Crippen molar-refractivity contribution >= 4 is 34.5 Å². The topological polar surface area (TPSA) is 95.6 Å². The summed E-state index contributed by atoms with van der Waals surface area (Å²) in [6, 6.07) is 13.1. The highest BCUT2D eigenvalue weighted by Gasteiger charge is 2.21. The Balaban J connectivity index is 1.74. The third-order valence-corrected chi connectivity index (χ3v) is 6.12. The average Bonchev–Trinajstić information content (AvgIpc) is 3.31. The summed E-state index contributed by atoms with van der Waals surface area (Å²) in [6.07, 6.45) is 3.34. The van der Waals surface area contributed by atoms with E-state index in [-0.39, 0.29) is 6.10 Å². The smallest absolute Gasteiger partial charge is 0.262 e. The van der Waals surface area contributed by atoms with Crippen LogP contribution in [0, 0.1) is 0 Å². The van der Waals surface area contributed by atoms with Crippen LogP contribution >= 0.6 is 22.9 Å². The molecule has 1 atom stereocenters. The van der Waals surface area contributed by atoms with Crippen LogP contribution in [0.4, 0.5) is 0 Å². The van der Waals surface area contributed by atoms with Crippen molar-refractivity contribution in [2.45, 2.75) is 19.6 Å². The first-order valence-corrected chi connectivity index (χ1v) is 10.2. The molecule has 29 heavy (non-hydrogen) atoms. The molecule has 1 aromatic carbocycles. The minimum Gasteiger partial charge on any atom is -0.484 e. The van der Waals surface area contributed by atoms with Crippen molar-refractivity contribution < 1.29 is 9.53 Å². The average molecular weight is 427 g/mol. The number of hydrogen-bond donors (Lipinski definition) is 2. The van der Waals surface area contributed by atoms with Gasteiger partial charge in [-0.25, -0.2) is 4.98 Å². The highest BCUT2D eigenvalue weighted by molar-refractivity contribution is 7.17. The van der Waals surface area contributed by atoms with E-state index in [9.17, 15) is 4.79 Å². The van der Waals surface area contributed by atoms with Gasteiger partial charge in [0.15, 0.2) is 0 Å². The van der Waals surface area contributed by atoms with E-state index in [2.05, 4.69) is 4.98 Å². The molecule has 8 heteroatoms. The second kappa shape index (κ2) is 7.87. The first-order chi connectivity index (χ1) is 14.0. The van der Waals surface area contributed by atoms with Gasteiger partial charge < -0.3 is 16.2 Å². The Morgan fingerprint density at radius 1 is 1.31 bits per heavy atom. The van der Waals surface area contributed by atoms with Crippen LogP contribution < -0.4 is 16.2 Å². The summed E-state index contributed by atoms with van der Waals surface area (Å²) in [4.78, 5) is 17.6. The Hall–Kier alpha value is -2.87. The molecule has 0 aliphatic rings. The Labute approximate surface area is 176 Å². The number of fused-ring (bicyclic) bond motifs is 1. The molecule has 0 bridgehead atoms. The summed E-state index contributed by atoms with van der Waals surface area (Å²) < 4.78 is 8.03. The summed E-state index contributed by atoms with van der Waals surface area (Å²) >= 11 is 7.55. The van der Waals surface area contributed by atoms with Crippen LogP contribution in [0.5, 0.6) is 5.75 Å². The second-order valence-corrected chi connectivity index (χ2v) is 8.02. The van der Waals surface area contributed by atoms with Crippen molar-refractivity contribution in [1.29, 1.82) is 0 Å². The number of ether oxygens (including phenoxy) is 1. The Kier molecular flexibility index (Phi) is 5.27. The molecule has 0 spiro atoms. The fraction of sp³-hybridized carbons (Fsp3) is 0.143. The number of halogens is 1. The summed E-state index contributed by atoms with van der Waals surface area (Å²) in [5.41, 5.74) is 14.8. The van der Waals surface area contributed by atoms with Gasteiger partial charge in [0.25, 0.3) is 5.91 Å². The number of pyridine rings is 1. The third kappa shape index (κ3) is 3.72. The van der Waals surface area contributed by atoms with Crippen LogP contribution in [0.3, 0.4) is 0 Å². The number of imidazole rings is 1. The zero-order valence-electron chi connectivity index (χ0n) is 15.6. The first-order valence-electron chi connectivity index (χ1n) is 8.99. The fourth-order valence-corrected chi connectivity index (χ4v) is 4.39. The first kappa shape index (κ1) is 19.4. The molecule has 4 aromatic rings. The van der Waals surface area contributed by atoms with Gasteiger partial charge in [0.05, 0.1) is 16.8 Å². The van der Waals surface area contributed by atoms with Gasteiger partial charge in [-0.15, -0.1) is 11.3 Å². The van der Waals surface area contributed by atoms with Crippen molar-refractivity contribution in [3.63, 3.8) is 0 Å². The number of nitrogens with two attached hydrogens (primary N) is 2. The predicted molar refractivity (Wildman–Crippen MR) is 115 cm³/mol. The minimum atomic E-state index is -0.543. The lowest BCUT2D eigenvalue weighted by Gasteiger charge is -2.16. The van der Waals surface area contributed by atoms with E-state index in [1.807, 2.05) is 53.9 Å². The molecule has 3 heterocycles. The van der Waals surface area contributed by atoms with E-state index in [0.29, 0.717) is 22.2 Å². The summed E-state index contributed by atoms with van der Waals surface area (Å²) in [6.45, 7) is 2.30. The molecular weight excluding hydrogens is 408 g/mol. The molecule has 0 aliphatic heterocycles. The molecule has 4 N–H and O–H groups in total. The van der Waals surface area contributed by atoms with Crippen LogP contribution in [0.15, 0.2) is 54.9 Å². The highest BCUT2D eigenvalue weighted by Crippen LogP contribution is 2.39. The lowest BCUT2D eigenvalue weighted by Crippen LogP contribution is -2.12. The van der Waals surface area contributed by atoms with Crippen molar-refractivity contribution in [3.05, 3.63) is 75.9 Å². The van der Waals surface area contributed by atoms with E-state index in [1.54, 1.807) is 12.3 Å². The molecule has 4 rings (SSSR count). The molecule has 1 amide bonds. The number of aromatic nitrogens is 2. The maximum absolute atomic E-state index is 12.0. The number of thiophene rings is 1. The number of rotatable bonds is 6. The van der Waals surface area contributed by atoms with Crippen LogP contribution in [-0.4, -0.2) is 15.3 Å². The molecule has 6 nitrogen and oxygen atoms in total. The standard InChI is InChI=1S/C21H19ClN4O2S/c1-12(14-4-2-3-5-15(14)22)28-17-8-18(29-20(17)21(24)27)16-10-25-19-7-6-13(9-23)11-26(16)19/h2-8,10-12H,9,23H2,1H3,(H2,24,27). The SMILES string of the molecule is CC(Oc1cc(-c2cnc3ccc(CN)cn23)sc1C(N)=O)c1ccccc1Cl. The van der Waals surface area contributed by atoms with Gasteiger partial charge >= 0.3 is 0 Å². The zero-order chi connectivity index (χ0) is 20.5. The van der Waals surface area contributed by atoms with Gasteiger partial charge in [0, 0.05) is 29.4 Å². The van der Waals surface area contributed by atoms with E-state index in [4.69, 9.17) is 27.8 Å². The third-order valence-electron chi connectivity index (χ3n) is 4.62. The lowest BCUT2D eigenvalue weighted by molar-refractivity contribution is 0.0998. The molecular formula is C21H19ClN4O2S. The highest BCUT2D eigenvalue weighted by atomic mass is 35.5. The monoisotopic (exact) mass is 426 g/mol. The fourth-order valence-electron chi connectivity index (χ4n) is 3.15. The van der Waals surface area contributed by atoms with E-state index in [0.717, 1.165) is 27.3 Å². The van der Waals surface area contributed by atoms with E-state index >= 15 is 0 Å². The molecule has 148 valence electrons. The van der Waals surface area contributed by atoms with Crippen LogP contribution in [0.1, 0.15) is 33.8 Å². The quantitative estimate of drug-likeness (QED) is 0.477. The summed E-state index contributed by atoms with van der Waals surface area (Å²) in [5.74, 6) is -0.117. The number of carbonyl (C=O) groups excluding carboxylic acids is 1.